The van der Waals surface area contributed by atoms with Crippen LogP contribution in [0.25, 0.3) is 0 Å². The van der Waals surface area contributed by atoms with Gasteiger partial charge in [0.05, 0.1) is 0 Å². The van der Waals surface area contributed by atoms with Crippen molar-refractivity contribution in [1.82, 2.24) is 0 Å². The molecule has 86 valence electrons. The molecule has 0 bridgehead atoms. The fraction of sp³-hybridized carbons (Fsp3) is 0.250. The van der Waals surface area contributed by atoms with E-state index in [1.807, 2.05) is 0 Å². The van der Waals surface area contributed by atoms with Crippen molar-refractivity contribution in [3.05, 3.63) is 58.7 Å². The molecule has 17 heavy (non-hydrogen) atoms. The zero-order valence-electron chi connectivity index (χ0n) is 11.0. The first-order chi connectivity index (χ1) is 8.09. The second-order valence-electron chi connectivity index (χ2n) is 4.62. The molecule has 0 saturated carbocycles. The predicted molar refractivity (Wildman–Crippen MR) is 76.9 cm³/mol. The summed E-state index contributed by atoms with van der Waals surface area (Å²) in [5, 5.41) is 0. The second-order valence-corrected chi connectivity index (χ2v) is 7.40. The third kappa shape index (κ3) is 2.63. The molecule has 0 N–H and O–H groups in total. The summed E-state index contributed by atoms with van der Waals surface area (Å²) < 4.78 is 3.14. The average Bonchev–Trinajstić information content (AvgIpc) is 2.31. The van der Waals surface area contributed by atoms with Gasteiger partial charge < -0.3 is 0 Å². The zero-order valence-corrected chi connectivity index (χ0v) is 13.1. The third-order valence-electron chi connectivity index (χ3n) is 3.48. The van der Waals surface area contributed by atoms with Crippen molar-refractivity contribution in [3.8, 4) is 0 Å². The Morgan fingerprint density at radius 2 is 1.06 bits per heavy atom. The van der Waals surface area contributed by atoms with Crippen molar-refractivity contribution in [3.63, 3.8) is 0 Å². The number of benzene rings is 2. The van der Waals surface area contributed by atoms with E-state index in [0.29, 0.717) is 0 Å². The molecular weight excluding hydrogens is 265 g/mol. The van der Waals surface area contributed by atoms with E-state index in [1.54, 1.807) is 8.79 Å². The molecule has 0 fully saturated rings. The normalized spacial score (nSPS) is 10.6. The molecule has 0 aliphatic carbocycles. The molecule has 0 aromatic heterocycles. The van der Waals surface area contributed by atoms with Crippen molar-refractivity contribution in [2.75, 3.05) is 0 Å². The topological polar surface area (TPSA) is 0 Å². The van der Waals surface area contributed by atoms with Gasteiger partial charge in [-0.15, -0.1) is 0 Å². The molecule has 2 aromatic rings. The molecule has 0 aliphatic rings. The average molecular weight is 283 g/mol. The van der Waals surface area contributed by atoms with Gasteiger partial charge in [0.25, 0.3) is 0 Å². The Morgan fingerprint density at radius 3 is 1.47 bits per heavy atom. The van der Waals surface area contributed by atoms with Crippen LogP contribution < -0.4 is 8.79 Å². The summed E-state index contributed by atoms with van der Waals surface area (Å²) in [6, 6.07) is 13.4. The zero-order chi connectivity index (χ0) is 12.4. The summed E-state index contributed by atoms with van der Waals surface area (Å²) in [7, 11) is 0. The second kappa shape index (κ2) is 5.09. The van der Waals surface area contributed by atoms with Gasteiger partial charge in [-0.25, -0.2) is 0 Å². The van der Waals surface area contributed by atoms with Crippen LogP contribution >= 0.6 is 0 Å². The van der Waals surface area contributed by atoms with Crippen LogP contribution in [-0.4, -0.2) is 15.4 Å². The van der Waals surface area contributed by atoms with Crippen LogP contribution in [0.5, 0.6) is 0 Å². The van der Waals surface area contributed by atoms with Crippen molar-refractivity contribution < 1.29 is 0 Å². The molecule has 0 spiro atoms. The van der Waals surface area contributed by atoms with E-state index in [4.69, 9.17) is 0 Å². The molecule has 0 heterocycles. The van der Waals surface area contributed by atoms with Crippen LogP contribution in [0.2, 0.25) is 0 Å². The van der Waals surface area contributed by atoms with Gasteiger partial charge in [0.1, 0.15) is 0 Å². The molecule has 0 atom stereocenters. The summed E-state index contributed by atoms with van der Waals surface area (Å²) in [6.45, 7) is 8.90. The van der Waals surface area contributed by atoms with Gasteiger partial charge >= 0.3 is 111 Å². The maximum absolute atomic E-state index is 2.30. The van der Waals surface area contributed by atoms with Gasteiger partial charge in [-0.05, 0) is 0 Å². The van der Waals surface area contributed by atoms with Crippen LogP contribution in [0.3, 0.4) is 0 Å². The van der Waals surface area contributed by atoms with Crippen LogP contribution in [-0.2, 0) is 0 Å². The SMILES string of the molecule is Cc1ccc[c]([Ge][c]2cccc(C)c2C)c1C. The van der Waals surface area contributed by atoms with E-state index in [1.165, 1.54) is 22.3 Å². The Morgan fingerprint density at radius 1 is 0.647 bits per heavy atom. The van der Waals surface area contributed by atoms with E-state index in [0.717, 1.165) is 0 Å². The molecule has 0 amide bonds. The first-order valence-electron chi connectivity index (χ1n) is 5.99. The number of hydrogen-bond acceptors (Lipinski definition) is 0. The Bertz CT molecular complexity index is 492. The van der Waals surface area contributed by atoms with Crippen LogP contribution in [0.1, 0.15) is 22.3 Å². The quantitative estimate of drug-likeness (QED) is 0.743. The standard InChI is InChI=1S/C16H18Ge/c1-11-7-5-9-15(13(11)3)17-16-10-6-8-12(2)14(16)4/h5-10H,1-4H3. The fourth-order valence-electron chi connectivity index (χ4n) is 1.92. The van der Waals surface area contributed by atoms with Gasteiger partial charge in [0.15, 0.2) is 0 Å². The molecule has 1 heteroatoms. The van der Waals surface area contributed by atoms with E-state index in [-0.39, 0.29) is 15.4 Å². The van der Waals surface area contributed by atoms with Gasteiger partial charge in [0.2, 0.25) is 0 Å². The summed E-state index contributed by atoms with van der Waals surface area (Å²) in [5.41, 5.74) is 5.79. The van der Waals surface area contributed by atoms with E-state index in [2.05, 4.69) is 64.1 Å². The number of hydrogen-bond donors (Lipinski definition) is 0. The van der Waals surface area contributed by atoms with Gasteiger partial charge in [-0.2, -0.15) is 0 Å². The fourth-order valence-corrected chi connectivity index (χ4v) is 4.89. The Labute approximate surface area is 111 Å². The number of rotatable bonds is 2. The predicted octanol–water partition coefficient (Wildman–Crippen LogP) is 2.58. The van der Waals surface area contributed by atoms with Gasteiger partial charge in [0, 0.05) is 0 Å². The van der Waals surface area contributed by atoms with Crippen LogP contribution in [0.15, 0.2) is 36.4 Å². The van der Waals surface area contributed by atoms with Crippen molar-refractivity contribution in [2.45, 2.75) is 27.7 Å². The molecule has 2 rings (SSSR count). The van der Waals surface area contributed by atoms with E-state index >= 15 is 0 Å². The first kappa shape index (κ1) is 12.4. The molecule has 0 nitrogen and oxygen atoms in total. The summed E-state index contributed by atoms with van der Waals surface area (Å²) in [5.74, 6) is 0. The molecule has 0 aliphatic heterocycles. The molecule has 2 radical (unpaired) electrons. The van der Waals surface area contributed by atoms with Crippen molar-refractivity contribution in [1.29, 1.82) is 0 Å². The Balaban J connectivity index is 2.38. The minimum absolute atomic E-state index is 0.197. The summed E-state index contributed by atoms with van der Waals surface area (Å²) >= 11 is -0.197. The maximum atomic E-state index is 2.30. The molecule has 0 saturated heterocycles. The monoisotopic (exact) mass is 284 g/mol. The summed E-state index contributed by atoms with van der Waals surface area (Å²) in [4.78, 5) is 0. The van der Waals surface area contributed by atoms with E-state index in [9.17, 15) is 0 Å². The van der Waals surface area contributed by atoms with Crippen molar-refractivity contribution in [2.24, 2.45) is 0 Å². The van der Waals surface area contributed by atoms with Crippen molar-refractivity contribution >= 4 is 24.2 Å². The van der Waals surface area contributed by atoms with Gasteiger partial charge in [-0.1, -0.05) is 0 Å². The Kier molecular flexibility index (Phi) is 3.73. The molecule has 0 unspecified atom stereocenters. The van der Waals surface area contributed by atoms with Crippen LogP contribution in [0, 0.1) is 27.7 Å². The van der Waals surface area contributed by atoms with E-state index < -0.39 is 0 Å². The third-order valence-corrected chi connectivity index (χ3v) is 6.88. The first-order valence-corrected chi connectivity index (χ1v) is 8.09. The molecule has 2 aromatic carbocycles. The summed E-state index contributed by atoms with van der Waals surface area (Å²) in [6.07, 6.45) is 0. The Hall–Kier alpha value is -1.02. The molecular formula is C16H18Ge. The van der Waals surface area contributed by atoms with Crippen LogP contribution in [0.4, 0.5) is 0 Å². The number of aryl methyl sites for hydroxylation is 2. The minimum atomic E-state index is -0.197. The van der Waals surface area contributed by atoms with Gasteiger partial charge in [-0.3, -0.25) is 0 Å².